The van der Waals surface area contributed by atoms with Gasteiger partial charge in [0.1, 0.15) is 12.4 Å². The molecule has 1 atom stereocenters. The minimum atomic E-state index is -0.363. The molecule has 8 heteroatoms. The second kappa shape index (κ2) is 9.26. The van der Waals surface area contributed by atoms with Crippen LogP contribution in [-0.4, -0.2) is 41.6 Å². The van der Waals surface area contributed by atoms with Crippen LogP contribution in [0.3, 0.4) is 0 Å². The number of anilines is 1. The van der Waals surface area contributed by atoms with Crippen LogP contribution in [0.2, 0.25) is 0 Å². The molecule has 0 radical (unpaired) electrons. The Hall–Kier alpha value is -3.26. The maximum atomic E-state index is 11.7. The van der Waals surface area contributed by atoms with Gasteiger partial charge in [0.2, 0.25) is 5.91 Å². The summed E-state index contributed by atoms with van der Waals surface area (Å²) < 4.78 is 11.8. The van der Waals surface area contributed by atoms with Gasteiger partial charge >= 0.3 is 0 Å². The second-order valence-electron chi connectivity index (χ2n) is 7.28. The molecule has 160 valence electrons. The molecule has 7 nitrogen and oxygen atoms in total. The molecule has 1 aliphatic heterocycles. The molecule has 0 saturated carbocycles. The van der Waals surface area contributed by atoms with Crippen LogP contribution in [-0.2, 0) is 11.2 Å². The van der Waals surface area contributed by atoms with E-state index in [9.17, 15) is 9.59 Å². The van der Waals surface area contributed by atoms with Gasteiger partial charge in [-0.1, -0.05) is 54.2 Å². The van der Waals surface area contributed by atoms with Crippen molar-refractivity contribution in [2.45, 2.75) is 18.6 Å². The van der Waals surface area contributed by atoms with E-state index in [4.69, 9.17) is 9.15 Å². The number of carbonyl (C=O) groups excluding carboxylic acids is 2. The van der Waals surface area contributed by atoms with Crippen LogP contribution in [0, 0.1) is 6.92 Å². The highest BCUT2D eigenvalue weighted by Crippen LogP contribution is 2.28. The van der Waals surface area contributed by atoms with Crippen molar-refractivity contribution in [1.29, 1.82) is 0 Å². The highest BCUT2D eigenvalue weighted by Gasteiger charge is 2.31. The highest BCUT2D eigenvalue weighted by atomic mass is 32.2. The fraction of sp³-hybridized carbons (Fsp3) is 0.261. The molecule has 3 aromatic rings. The van der Waals surface area contributed by atoms with Crippen LogP contribution in [0.4, 0.5) is 10.8 Å². The fourth-order valence-corrected chi connectivity index (χ4v) is 4.12. The summed E-state index contributed by atoms with van der Waals surface area (Å²) in [5.74, 6) is 1.29. The van der Waals surface area contributed by atoms with Crippen molar-refractivity contribution < 1.29 is 18.7 Å². The van der Waals surface area contributed by atoms with E-state index in [1.165, 1.54) is 0 Å². The van der Waals surface area contributed by atoms with Crippen molar-refractivity contribution in [2.75, 3.05) is 25.1 Å². The predicted octanol–water partition coefficient (Wildman–Crippen LogP) is 4.06. The Morgan fingerprint density at radius 1 is 1.13 bits per heavy atom. The van der Waals surface area contributed by atoms with Crippen molar-refractivity contribution in [3.8, 4) is 17.1 Å². The summed E-state index contributed by atoms with van der Waals surface area (Å²) >= 11 is 1.04. The lowest BCUT2D eigenvalue weighted by Gasteiger charge is -2.15. The summed E-state index contributed by atoms with van der Waals surface area (Å²) in [5, 5.41) is 1.66. The molecule has 0 spiro atoms. The molecular formula is C23H23N3O4S. The lowest BCUT2D eigenvalue weighted by atomic mass is 10.1. The number of aromatic nitrogens is 1. The van der Waals surface area contributed by atoms with Gasteiger partial charge in [0, 0.05) is 12.6 Å². The first-order valence-electron chi connectivity index (χ1n) is 9.97. The van der Waals surface area contributed by atoms with Gasteiger partial charge in [0.25, 0.3) is 11.3 Å². The summed E-state index contributed by atoms with van der Waals surface area (Å²) in [4.78, 5) is 29.4. The van der Waals surface area contributed by atoms with Gasteiger partial charge in [-0.3, -0.25) is 14.9 Å². The van der Waals surface area contributed by atoms with Crippen LogP contribution >= 0.6 is 11.8 Å². The number of hydrogen-bond donors (Lipinski definition) is 1. The Kier molecular flexibility index (Phi) is 6.27. The number of thioether (sulfide) groups is 1. The third kappa shape index (κ3) is 5.08. The van der Waals surface area contributed by atoms with Crippen LogP contribution in [0.15, 0.2) is 59.0 Å². The van der Waals surface area contributed by atoms with E-state index >= 15 is 0 Å². The first kappa shape index (κ1) is 21.0. The summed E-state index contributed by atoms with van der Waals surface area (Å²) in [6.07, 6.45) is 0.512. The molecule has 1 fully saturated rings. The highest BCUT2D eigenvalue weighted by molar-refractivity contribution is 8.15. The van der Waals surface area contributed by atoms with Gasteiger partial charge in [-0.15, -0.1) is 0 Å². The van der Waals surface area contributed by atoms with Crippen molar-refractivity contribution in [3.63, 3.8) is 0 Å². The Bertz CT molecular complexity index is 1070. The number of imide groups is 1. The topological polar surface area (TPSA) is 84.7 Å². The molecule has 1 N–H and O–H groups in total. The van der Waals surface area contributed by atoms with E-state index < -0.39 is 0 Å². The molecule has 2 aromatic carbocycles. The second-order valence-corrected chi connectivity index (χ2v) is 8.45. The summed E-state index contributed by atoms with van der Waals surface area (Å²) in [6, 6.07) is 18.0. The number of carbonyl (C=O) groups is 2. The molecular weight excluding hydrogens is 414 g/mol. The van der Waals surface area contributed by atoms with Crippen molar-refractivity contribution in [3.05, 3.63) is 65.9 Å². The number of nitrogens with zero attached hydrogens (tertiary/aromatic N) is 2. The van der Waals surface area contributed by atoms with Crippen LogP contribution in [0.1, 0.15) is 11.3 Å². The average molecular weight is 438 g/mol. The number of benzene rings is 2. The van der Waals surface area contributed by atoms with E-state index in [0.717, 1.165) is 40.1 Å². The third-order valence-electron chi connectivity index (χ3n) is 4.95. The van der Waals surface area contributed by atoms with E-state index in [-0.39, 0.29) is 16.4 Å². The number of likely N-dealkylation sites (N-methyl/N-ethyl adjacent to an activating group) is 1. The molecule has 2 amide bonds. The lowest BCUT2D eigenvalue weighted by molar-refractivity contribution is -0.118. The largest absolute Gasteiger partial charge is 0.492 e. The zero-order valence-electron chi connectivity index (χ0n) is 17.3. The number of rotatable bonds is 8. The molecule has 0 bridgehead atoms. The SMILES string of the molecule is Cc1nc(N(C)CCOc2ccc(CC3SC(=O)NC3=O)cc2)oc1-c1ccccc1. The van der Waals surface area contributed by atoms with E-state index in [1.807, 2.05) is 73.5 Å². The van der Waals surface area contributed by atoms with Crippen LogP contribution in [0.5, 0.6) is 5.75 Å². The molecule has 31 heavy (non-hydrogen) atoms. The van der Waals surface area contributed by atoms with Gasteiger partial charge in [-0.2, -0.15) is 4.98 Å². The van der Waals surface area contributed by atoms with E-state index in [0.29, 0.717) is 25.6 Å². The predicted molar refractivity (Wildman–Crippen MR) is 121 cm³/mol. The Balaban J connectivity index is 1.28. The molecule has 1 unspecified atom stereocenters. The number of oxazole rings is 1. The zero-order chi connectivity index (χ0) is 21.8. The lowest BCUT2D eigenvalue weighted by Crippen LogP contribution is -2.25. The van der Waals surface area contributed by atoms with Gasteiger partial charge in [0.15, 0.2) is 5.76 Å². The first-order valence-corrected chi connectivity index (χ1v) is 10.8. The van der Waals surface area contributed by atoms with Gasteiger partial charge in [-0.25, -0.2) is 0 Å². The minimum Gasteiger partial charge on any atom is -0.492 e. The first-order chi connectivity index (χ1) is 15.0. The van der Waals surface area contributed by atoms with Gasteiger partial charge in [-0.05, 0) is 31.0 Å². The van der Waals surface area contributed by atoms with Crippen LogP contribution in [0.25, 0.3) is 11.3 Å². The molecule has 2 heterocycles. The monoisotopic (exact) mass is 437 g/mol. The Morgan fingerprint density at radius 2 is 1.87 bits per heavy atom. The van der Waals surface area contributed by atoms with Crippen molar-refractivity contribution in [1.82, 2.24) is 10.3 Å². The van der Waals surface area contributed by atoms with Gasteiger partial charge < -0.3 is 14.1 Å². The number of hydrogen-bond acceptors (Lipinski definition) is 7. The quantitative estimate of drug-likeness (QED) is 0.569. The van der Waals surface area contributed by atoms with E-state index in [2.05, 4.69) is 10.3 Å². The average Bonchev–Trinajstić information content (AvgIpc) is 3.31. The molecule has 1 saturated heterocycles. The maximum Gasteiger partial charge on any atom is 0.297 e. The summed E-state index contributed by atoms with van der Waals surface area (Å²) in [6.45, 7) is 3.01. The minimum absolute atomic E-state index is 0.226. The summed E-state index contributed by atoms with van der Waals surface area (Å²) in [7, 11) is 1.91. The zero-order valence-corrected chi connectivity index (χ0v) is 18.1. The smallest absolute Gasteiger partial charge is 0.297 e. The third-order valence-corrected chi connectivity index (χ3v) is 5.94. The molecule has 0 aliphatic carbocycles. The van der Waals surface area contributed by atoms with Crippen molar-refractivity contribution in [2.24, 2.45) is 0 Å². The van der Waals surface area contributed by atoms with Gasteiger partial charge in [0.05, 0.1) is 17.5 Å². The normalized spacial score (nSPS) is 15.7. The van der Waals surface area contributed by atoms with E-state index in [1.54, 1.807) is 0 Å². The molecule has 4 rings (SSSR count). The fourth-order valence-electron chi connectivity index (χ4n) is 3.26. The number of nitrogens with one attached hydrogen (secondary N) is 1. The van der Waals surface area contributed by atoms with Crippen molar-refractivity contribution >= 4 is 28.9 Å². The maximum absolute atomic E-state index is 11.7. The van der Waals surface area contributed by atoms with Crippen LogP contribution < -0.4 is 15.0 Å². The molecule has 1 aliphatic rings. The number of aryl methyl sites for hydroxylation is 1. The summed E-state index contributed by atoms with van der Waals surface area (Å²) in [5.41, 5.74) is 2.83. The Labute approximate surface area is 184 Å². The molecule has 1 aromatic heterocycles. The standard InChI is InChI=1S/C23H23N3O4S/c1-15-20(17-6-4-3-5-7-17)30-22(24-15)26(2)12-13-29-18-10-8-16(9-11-18)14-19-21(27)25-23(28)31-19/h3-11,19H,12-14H2,1-2H3,(H,25,27,28). The Morgan fingerprint density at radius 3 is 2.55 bits per heavy atom. The number of ether oxygens (including phenoxy) is 1. The number of amides is 2.